The van der Waals surface area contributed by atoms with E-state index >= 15 is 0 Å². The first-order valence-corrected chi connectivity index (χ1v) is 10.1. The summed E-state index contributed by atoms with van der Waals surface area (Å²) in [5, 5.41) is 10.9. The van der Waals surface area contributed by atoms with Gasteiger partial charge in [0.15, 0.2) is 5.75 Å². The molecule has 0 N–H and O–H groups in total. The number of hydrogen-bond acceptors (Lipinski definition) is 2. The van der Waals surface area contributed by atoms with Gasteiger partial charge in [-0.05, 0) is 59.2 Å². The second-order valence-corrected chi connectivity index (χ2v) is 8.07. The van der Waals surface area contributed by atoms with Crippen molar-refractivity contribution in [3.05, 3.63) is 96.9 Å². The maximum Gasteiger partial charge on any atom is 0.157 e. The SMILES string of the molecule is N#C/C(=C\c1cc(Cl)c(OCc2ccc(Br)cc2)c(Cl)c1)c1ccc(Cl)cc1. The van der Waals surface area contributed by atoms with Crippen LogP contribution in [-0.4, -0.2) is 0 Å². The zero-order valence-electron chi connectivity index (χ0n) is 14.4. The third-order valence-electron chi connectivity index (χ3n) is 3.90. The van der Waals surface area contributed by atoms with E-state index in [0.717, 1.165) is 15.6 Å². The summed E-state index contributed by atoms with van der Waals surface area (Å²) in [6.07, 6.45) is 1.72. The predicted molar refractivity (Wildman–Crippen MR) is 120 cm³/mol. The molecule has 0 saturated carbocycles. The maximum atomic E-state index is 9.49. The number of hydrogen-bond donors (Lipinski definition) is 0. The fraction of sp³-hybridized carbons (Fsp3) is 0.0455. The summed E-state index contributed by atoms with van der Waals surface area (Å²) in [6.45, 7) is 0.343. The van der Waals surface area contributed by atoms with Gasteiger partial charge in [0.25, 0.3) is 0 Å². The number of nitriles is 1. The van der Waals surface area contributed by atoms with Gasteiger partial charge in [-0.25, -0.2) is 0 Å². The number of rotatable bonds is 5. The molecule has 0 bridgehead atoms. The predicted octanol–water partition coefficient (Wildman–Crippen LogP) is 8.05. The van der Waals surface area contributed by atoms with E-state index in [1.807, 2.05) is 24.3 Å². The van der Waals surface area contributed by atoms with Gasteiger partial charge < -0.3 is 4.74 Å². The number of benzene rings is 3. The third kappa shape index (κ3) is 5.31. The molecule has 3 rings (SSSR count). The zero-order chi connectivity index (χ0) is 20.1. The Kier molecular flexibility index (Phi) is 7.04. The monoisotopic (exact) mass is 491 g/mol. The highest BCUT2D eigenvalue weighted by molar-refractivity contribution is 9.10. The summed E-state index contributed by atoms with van der Waals surface area (Å²) in [4.78, 5) is 0. The first-order chi connectivity index (χ1) is 13.5. The fourth-order valence-corrected chi connectivity index (χ4v) is 3.52. The molecule has 0 fully saturated rings. The van der Waals surface area contributed by atoms with Gasteiger partial charge in [-0.1, -0.05) is 75.0 Å². The first-order valence-electron chi connectivity index (χ1n) is 8.20. The minimum absolute atomic E-state index is 0.343. The molecule has 0 unspecified atom stereocenters. The van der Waals surface area contributed by atoms with Crippen molar-refractivity contribution in [2.24, 2.45) is 0 Å². The van der Waals surface area contributed by atoms with Crippen molar-refractivity contribution in [2.75, 3.05) is 0 Å². The number of nitrogens with zero attached hydrogens (tertiary/aromatic N) is 1. The number of halogens is 4. The molecule has 140 valence electrons. The highest BCUT2D eigenvalue weighted by Crippen LogP contribution is 2.36. The lowest BCUT2D eigenvalue weighted by Crippen LogP contribution is -1.97. The van der Waals surface area contributed by atoms with E-state index in [-0.39, 0.29) is 0 Å². The Hall–Kier alpha value is -1.96. The van der Waals surface area contributed by atoms with Crippen LogP contribution in [0.1, 0.15) is 16.7 Å². The van der Waals surface area contributed by atoms with Crippen LogP contribution in [0.5, 0.6) is 5.75 Å². The molecule has 0 aromatic heterocycles. The average molecular weight is 494 g/mol. The average Bonchev–Trinajstić information content (AvgIpc) is 2.67. The standard InChI is InChI=1S/C22H13BrCl3NO/c23-18-5-1-14(2-6-18)13-28-22-20(25)10-15(11-21(22)26)9-17(12-27)16-3-7-19(24)8-4-16/h1-11H,13H2/b17-9+. The highest BCUT2D eigenvalue weighted by Gasteiger charge is 2.11. The van der Waals surface area contributed by atoms with Crippen LogP contribution in [0.15, 0.2) is 65.1 Å². The molecule has 0 radical (unpaired) electrons. The van der Waals surface area contributed by atoms with Crippen molar-refractivity contribution in [3.63, 3.8) is 0 Å². The van der Waals surface area contributed by atoms with E-state index in [0.29, 0.717) is 38.6 Å². The minimum atomic E-state index is 0.343. The van der Waals surface area contributed by atoms with Crippen molar-refractivity contribution in [2.45, 2.75) is 6.61 Å². The van der Waals surface area contributed by atoms with Crippen LogP contribution in [0, 0.1) is 11.3 Å². The quantitative estimate of drug-likeness (QED) is 0.266. The summed E-state index contributed by atoms with van der Waals surface area (Å²) in [5.74, 6) is 0.411. The Bertz CT molecular complexity index is 1030. The van der Waals surface area contributed by atoms with E-state index in [1.54, 1.807) is 42.5 Å². The van der Waals surface area contributed by atoms with Gasteiger partial charge in [-0.2, -0.15) is 5.26 Å². The topological polar surface area (TPSA) is 33.0 Å². The molecule has 0 saturated heterocycles. The van der Waals surface area contributed by atoms with Crippen LogP contribution in [0.2, 0.25) is 15.1 Å². The second kappa shape index (κ2) is 9.49. The summed E-state index contributed by atoms with van der Waals surface area (Å²) < 4.78 is 6.80. The zero-order valence-corrected chi connectivity index (χ0v) is 18.3. The van der Waals surface area contributed by atoms with Crippen LogP contribution >= 0.6 is 50.7 Å². The maximum absolute atomic E-state index is 9.49. The van der Waals surface area contributed by atoms with Gasteiger partial charge in [-0.3, -0.25) is 0 Å². The van der Waals surface area contributed by atoms with Gasteiger partial charge in [0.2, 0.25) is 0 Å². The molecule has 3 aromatic carbocycles. The fourth-order valence-electron chi connectivity index (χ4n) is 2.51. The number of allylic oxidation sites excluding steroid dienone is 1. The van der Waals surface area contributed by atoms with Crippen LogP contribution in [0.3, 0.4) is 0 Å². The number of ether oxygens (including phenoxy) is 1. The van der Waals surface area contributed by atoms with Crippen molar-refractivity contribution in [1.82, 2.24) is 0 Å². The smallest absolute Gasteiger partial charge is 0.157 e. The summed E-state index contributed by atoms with van der Waals surface area (Å²) >= 11 is 22.1. The van der Waals surface area contributed by atoms with Crippen molar-refractivity contribution < 1.29 is 4.74 Å². The van der Waals surface area contributed by atoms with Gasteiger partial charge in [0, 0.05) is 9.50 Å². The molecular weight excluding hydrogens is 481 g/mol. The van der Waals surface area contributed by atoms with Crippen LogP contribution in [-0.2, 0) is 6.61 Å². The molecule has 0 aliphatic rings. The van der Waals surface area contributed by atoms with Crippen molar-refractivity contribution >= 4 is 62.4 Å². The minimum Gasteiger partial charge on any atom is -0.486 e. The largest absolute Gasteiger partial charge is 0.486 e. The van der Waals surface area contributed by atoms with E-state index in [4.69, 9.17) is 39.5 Å². The lowest BCUT2D eigenvalue weighted by molar-refractivity contribution is 0.306. The lowest BCUT2D eigenvalue weighted by atomic mass is 10.0. The van der Waals surface area contributed by atoms with E-state index in [1.165, 1.54) is 0 Å². The highest BCUT2D eigenvalue weighted by atomic mass is 79.9. The van der Waals surface area contributed by atoms with Gasteiger partial charge in [0.1, 0.15) is 6.61 Å². The Morgan fingerprint density at radius 1 is 0.964 bits per heavy atom. The molecule has 3 aromatic rings. The Balaban J connectivity index is 1.83. The van der Waals surface area contributed by atoms with E-state index < -0.39 is 0 Å². The molecular formula is C22H13BrCl3NO. The van der Waals surface area contributed by atoms with Gasteiger partial charge in [-0.15, -0.1) is 0 Å². The van der Waals surface area contributed by atoms with Gasteiger partial charge >= 0.3 is 0 Å². The Morgan fingerprint density at radius 3 is 2.14 bits per heavy atom. The molecule has 0 amide bonds. The molecule has 6 heteroatoms. The van der Waals surface area contributed by atoms with Crippen molar-refractivity contribution in [1.29, 1.82) is 5.26 Å². The Labute approximate surface area is 187 Å². The molecule has 0 atom stereocenters. The molecule has 0 spiro atoms. The summed E-state index contributed by atoms with van der Waals surface area (Å²) in [7, 11) is 0. The molecule has 0 aliphatic heterocycles. The molecule has 28 heavy (non-hydrogen) atoms. The first kappa shape index (κ1) is 20.8. The summed E-state index contributed by atoms with van der Waals surface area (Å²) in [5.41, 5.74) is 2.94. The summed E-state index contributed by atoms with van der Waals surface area (Å²) in [6, 6.07) is 20.5. The van der Waals surface area contributed by atoms with E-state index in [9.17, 15) is 5.26 Å². The molecule has 0 aliphatic carbocycles. The molecule has 0 heterocycles. The Morgan fingerprint density at radius 2 is 1.57 bits per heavy atom. The third-order valence-corrected chi connectivity index (χ3v) is 5.25. The lowest BCUT2D eigenvalue weighted by Gasteiger charge is -2.11. The van der Waals surface area contributed by atoms with Crippen LogP contribution < -0.4 is 4.74 Å². The van der Waals surface area contributed by atoms with Gasteiger partial charge in [0.05, 0.1) is 21.7 Å². The van der Waals surface area contributed by atoms with Crippen LogP contribution in [0.4, 0.5) is 0 Å². The van der Waals surface area contributed by atoms with E-state index in [2.05, 4.69) is 22.0 Å². The van der Waals surface area contributed by atoms with Crippen molar-refractivity contribution in [3.8, 4) is 11.8 Å². The van der Waals surface area contributed by atoms with Crippen LogP contribution in [0.25, 0.3) is 11.6 Å². The molecule has 2 nitrogen and oxygen atoms in total. The normalized spacial score (nSPS) is 11.2. The second-order valence-electron chi connectivity index (χ2n) is 5.91.